The Hall–Kier alpha value is -2.84. The number of esters is 1. The van der Waals surface area contributed by atoms with Gasteiger partial charge in [-0.3, -0.25) is 9.59 Å². The van der Waals surface area contributed by atoms with E-state index < -0.39 is 11.9 Å². The number of ether oxygens (including phenoxy) is 4. The predicted octanol–water partition coefficient (Wildman–Crippen LogP) is 0.846. The number of carbonyl (C=O) groups excluding carboxylic acids is 2. The summed E-state index contributed by atoms with van der Waals surface area (Å²) in [5.41, 5.74) is 0.655. The molecule has 0 aromatic carbocycles. The van der Waals surface area contributed by atoms with Crippen molar-refractivity contribution in [2.24, 2.45) is 0 Å². The standard InChI is InChI=1S/C15H21N3O6/c1-6-9(2)13(14(20)16-8-12(19)23-5)24-15-17-10(21-3)7-11(18-15)22-4/h7H,6,8H2,1-5H3,(H,16,20). The summed E-state index contributed by atoms with van der Waals surface area (Å²) in [5.74, 6) is -0.710. The van der Waals surface area contributed by atoms with Crippen molar-refractivity contribution < 1.29 is 28.5 Å². The van der Waals surface area contributed by atoms with Crippen molar-refractivity contribution in [2.45, 2.75) is 20.3 Å². The van der Waals surface area contributed by atoms with E-state index in [1.54, 1.807) is 6.92 Å². The van der Waals surface area contributed by atoms with Crippen LogP contribution in [0.3, 0.4) is 0 Å². The van der Waals surface area contributed by atoms with Crippen LogP contribution in [0.5, 0.6) is 17.8 Å². The second-order valence-corrected chi connectivity index (χ2v) is 4.56. The fourth-order valence-corrected chi connectivity index (χ4v) is 1.52. The van der Waals surface area contributed by atoms with Crippen molar-refractivity contribution in [2.75, 3.05) is 27.9 Å². The number of carbonyl (C=O) groups is 2. The maximum absolute atomic E-state index is 12.3. The van der Waals surface area contributed by atoms with E-state index in [0.717, 1.165) is 0 Å². The molecular weight excluding hydrogens is 318 g/mol. The molecule has 0 aliphatic heterocycles. The smallest absolute Gasteiger partial charge is 0.328 e. The Labute approximate surface area is 140 Å². The van der Waals surface area contributed by atoms with Crippen LogP contribution in [0.4, 0.5) is 0 Å². The van der Waals surface area contributed by atoms with Crippen molar-refractivity contribution in [1.29, 1.82) is 0 Å². The Bertz CT molecular complexity index is 607. The van der Waals surface area contributed by atoms with Crippen LogP contribution in [0.2, 0.25) is 0 Å². The number of aromatic nitrogens is 2. The number of nitrogens with zero attached hydrogens (tertiary/aromatic N) is 2. The first kappa shape index (κ1) is 19.2. The molecule has 0 radical (unpaired) electrons. The molecule has 1 amide bonds. The molecule has 1 rings (SSSR count). The second kappa shape index (κ2) is 9.33. The first-order valence-corrected chi connectivity index (χ1v) is 7.14. The van der Waals surface area contributed by atoms with Gasteiger partial charge in [0, 0.05) is 0 Å². The van der Waals surface area contributed by atoms with E-state index in [4.69, 9.17) is 14.2 Å². The van der Waals surface area contributed by atoms with Gasteiger partial charge >= 0.3 is 12.0 Å². The van der Waals surface area contributed by atoms with E-state index in [1.807, 2.05) is 6.92 Å². The van der Waals surface area contributed by atoms with Crippen molar-refractivity contribution in [3.05, 3.63) is 17.4 Å². The van der Waals surface area contributed by atoms with Gasteiger partial charge in [-0.05, 0) is 18.9 Å². The van der Waals surface area contributed by atoms with E-state index in [1.165, 1.54) is 27.4 Å². The molecule has 0 spiro atoms. The summed E-state index contributed by atoms with van der Waals surface area (Å²) in [5, 5.41) is 2.41. The zero-order chi connectivity index (χ0) is 18.1. The van der Waals surface area contributed by atoms with Crippen molar-refractivity contribution in [1.82, 2.24) is 15.3 Å². The summed E-state index contributed by atoms with van der Waals surface area (Å²) in [6, 6.07) is 1.36. The molecule has 9 nitrogen and oxygen atoms in total. The molecule has 24 heavy (non-hydrogen) atoms. The van der Waals surface area contributed by atoms with Crippen LogP contribution in [0.25, 0.3) is 0 Å². The minimum atomic E-state index is -0.579. The quantitative estimate of drug-likeness (QED) is 0.422. The topological polar surface area (TPSA) is 109 Å². The molecule has 1 heterocycles. The lowest BCUT2D eigenvalue weighted by Crippen LogP contribution is -2.33. The summed E-state index contributed by atoms with van der Waals surface area (Å²) in [6.07, 6.45) is 0.558. The van der Waals surface area contributed by atoms with Crippen molar-refractivity contribution >= 4 is 11.9 Å². The van der Waals surface area contributed by atoms with Crippen LogP contribution >= 0.6 is 0 Å². The number of nitrogens with one attached hydrogen (secondary N) is 1. The largest absolute Gasteiger partial charge is 0.481 e. The molecular formula is C15H21N3O6. The minimum absolute atomic E-state index is 0.00305. The van der Waals surface area contributed by atoms with Gasteiger partial charge in [-0.25, -0.2) is 0 Å². The fourth-order valence-electron chi connectivity index (χ4n) is 1.52. The Kier molecular flexibility index (Phi) is 7.47. The van der Waals surface area contributed by atoms with Crippen LogP contribution in [0, 0.1) is 0 Å². The van der Waals surface area contributed by atoms with Gasteiger partial charge in [0.15, 0.2) is 5.76 Å². The van der Waals surface area contributed by atoms with Gasteiger partial charge in [-0.15, -0.1) is 0 Å². The third-order valence-electron chi connectivity index (χ3n) is 3.02. The SMILES string of the molecule is CCC(C)=C(Oc1nc(OC)cc(OC)n1)C(=O)NCC(=O)OC. The molecule has 1 aromatic rings. The highest BCUT2D eigenvalue weighted by atomic mass is 16.5. The summed E-state index contributed by atoms with van der Waals surface area (Å²) >= 11 is 0. The zero-order valence-electron chi connectivity index (χ0n) is 14.3. The minimum Gasteiger partial charge on any atom is -0.481 e. The molecule has 9 heteroatoms. The number of allylic oxidation sites excluding steroid dienone is 1. The number of hydrogen-bond donors (Lipinski definition) is 1. The number of methoxy groups -OCH3 is 3. The lowest BCUT2D eigenvalue weighted by atomic mass is 10.2. The molecule has 0 fully saturated rings. The highest BCUT2D eigenvalue weighted by Gasteiger charge is 2.19. The van der Waals surface area contributed by atoms with Crippen molar-refractivity contribution in [3.63, 3.8) is 0 Å². The monoisotopic (exact) mass is 339 g/mol. The van der Waals surface area contributed by atoms with E-state index in [9.17, 15) is 9.59 Å². The fraction of sp³-hybridized carbons (Fsp3) is 0.467. The summed E-state index contributed by atoms with van der Waals surface area (Å²) in [6.45, 7) is 3.31. The Morgan fingerprint density at radius 1 is 1.12 bits per heavy atom. The molecule has 1 N–H and O–H groups in total. The average Bonchev–Trinajstić information content (AvgIpc) is 2.62. The lowest BCUT2D eigenvalue weighted by Gasteiger charge is -2.12. The molecule has 0 saturated carbocycles. The Morgan fingerprint density at radius 3 is 2.17 bits per heavy atom. The van der Waals surface area contributed by atoms with E-state index in [-0.39, 0.29) is 30.1 Å². The van der Waals surface area contributed by atoms with Crippen molar-refractivity contribution in [3.8, 4) is 17.8 Å². The third kappa shape index (κ3) is 5.41. The third-order valence-corrected chi connectivity index (χ3v) is 3.02. The molecule has 132 valence electrons. The molecule has 0 bridgehead atoms. The Morgan fingerprint density at radius 2 is 1.71 bits per heavy atom. The van der Waals surface area contributed by atoms with Crippen LogP contribution < -0.4 is 19.5 Å². The maximum Gasteiger partial charge on any atom is 0.328 e. The lowest BCUT2D eigenvalue weighted by molar-refractivity contribution is -0.140. The van der Waals surface area contributed by atoms with Crippen LogP contribution in [-0.2, 0) is 14.3 Å². The summed E-state index contributed by atoms with van der Waals surface area (Å²) in [7, 11) is 4.10. The van der Waals surface area contributed by atoms with Gasteiger partial charge in [0.05, 0.1) is 27.4 Å². The zero-order valence-corrected chi connectivity index (χ0v) is 14.3. The maximum atomic E-state index is 12.3. The van der Waals surface area contributed by atoms with E-state index in [2.05, 4.69) is 20.0 Å². The van der Waals surface area contributed by atoms with Gasteiger partial charge in [-0.2, -0.15) is 9.97 Å². The molecule has 0 aliphatic rings. The molecule has 0 saturated heterocycles. The first-order valence-electron chi connectivity index (χ1n) is 7.14. The highest BCUT2D eigenvalue weighted by molar-refractivity contribution is 5.94. The second-order valence-electron chi connectivity index (χ2n) is 4.56. The van der Waals surface area contributed by atoms with Gasteiger partial charge in [0.25, 0.3) is 5.91 Å². The van der Waals surface area contributed by atoms with Gasteiger partial charge < -0.3 is 24.3 Å². The van der Waals surface area contributed by atoms with Gasteiger partial charge in [0.1, 0.15) is 6.54 Å². The number of rotatable bonds is 8. The van der Waals surface area contributed by atoms with E-state index in [0.29, 0.717) is 12.0 Å². The molecule has 0 aliphatic carbocycles. The van der Waals surface area contributed by atoms with Gasteiger partial charge in [0.2, 0.25) is 11.8 Å². The summed E-state index contributed by atoms with van der Waals surface area (Å²) in [4.78, 5) is 31.4. The van der Waals surface area contributed by atoms with E-state index >= 15 is 0 Å². The number of hydrogen-bond acceptors (Lipinski definition) is 8. The predicted molar refractivity (Wildman–Crippen MR) is 83.8 cm³/mol. The van der Waals surface area contributed by atoms with Gasteiger partial charge in [-0.1, -0.05) is 6.92 Å². The molecule has 1 aromatic heterocycles. The number of amides is 1. The summed E-state index contributed by atoms with van der Waals surface area (Å²) < 4.78 is 20.1. The first-order chi connectivity index (χ1) is 11.4. The van der Waals surface area contributed by atoms with Crippen LogP contribution in [0.15, 0.2) is 17.4 Å². The van der Waals surface area contributed by atoms with Crippen LogP contribution in [0.1, 0.15) is 20.3 Å². The molecule has 0 atom stereocenters. The molecule has 0 unspecified atom stereocenters. The Balaban J connectivity index is 3.03. The highest BCUT2D eigenvalue weighted by Crippen LogP contribution is 2.21. The van der Waals surface area contributed by atoms with Crippen LogP contribution in [-0.4, -0.2) is 49.7 Å². The average molecular weight is 339 g/mol. The normalized spacial score (nSPS) is 11.2.